The quantitative estimate of drug-likeness (QED) is 0.636. The topological polar surface area (TPSA) is 39.4 Å². The van der Waals surface area contributed by atoms with E-state index in [1.807, 2.05) is 25.4 Å². The number of benzene rings is 1. The summed E-state index contributed by atoms with van der Waals surface area (Å²) in [7, 11) is 4.48. The van der Waals surface area contributed by atoms with Crippen molar-refractivity contribution in [2.75, 3.05) is 14.2 Å². The summed E-state index contributed by atoms with van der Waals surface area (Å²) < 4.78 is 25.7. The number of pyridine rings is 1. The van der Waals surface area contributed by atoms with E-state index >= 15 is 0 Å². The van der Waals surface area contributed by atoms with Crippen LogP contribution in [0.1, 0.15) is 10.4 Å². The minimum Gasteiger partial charge on any atom is -0.497 e. The van der Waals surface area contributed by atoms with Gasteiger partial charge in [-0.1, -0.05) is 0 Å². The Balaban J connectivity index is 2.75. The highest BCUT2D eigenvalue weighted by atomic mass is 19.1. The number of aromatic nitrogens is 1. The minimum atomic E-state index is -0.719. The molecule has 1 aromatic heterocycles. The van der Waals surface area contributed by atoms with Crippen LogP contribution in [-0.4, -0.2) is 20.2 Å². The van der Waals surface area contributed by atoms with Crippen LogP contribution in [0.15, 0.2) is 36.5 Å². The fourth-order valence-corrected chi connectivity index (χ4v) is 2.01. The molecule has 0 bridgehead atoms. The molecule has 104 valence electrons. The van der Waals surface area contributed by atoms with Crippen LogP contribution in [0.3, 0.4) is 0 Å². The summed E-state index contributed by atoms with van der Waals surface area (Å²) in [6.45, 7) is 0. The van der Waals surface area contributed by atoms with Gasteiger partial charge in [0.1, 0.15) is 24.2 Å². The monoisotopic (exact) mass is 276 g/mol. The molecule has 0 N–H and O–H groups in total. The molecule has 0 aliphatic rings. The molecule has 0 aliphatic heterocycles. The van der Waals surface area contributed by atoms with E-state index in [9.17, 15) is 9.18 Å². The SMILES string of the molecule is COC(=O)c1c(F)cc(OC)cc1-c1cccc[n+]1C. The molecule has 4 nitrogen and oxygen atoms in total. The van der Waals surface area contributed by atoms with E-state index in [4.69, 9.17) is 4.74 Å². The van der Waals surface area contributed by atoms with Crippen LogP contribution in [0.2, 0.25) is 0 Å². The minimum absolute atomic E-state index is 0.102. The van der Waals surface area contributed by atoms with E-state index in [-0.39, 0.29) is 5.56 Å². The van der Waals surface area contributed by atoms with Gasteiger partial charge in [-0.05, 0) is 12.1 Å². The van der Waals surface area contributed by atoms with Gasteiger partial charge in [-0.25, -0.2) is 13.8 Å². The molecular formula is C15H15FNO3+. The molecule has 0 unspecified atom stereocenters. The van der Waals surface area contributed by atoms with Gasteiger partial charge in [0.15, 0.2) is 6.20 Å². The van der Waals surface area contributed by atoms with E-state index in [0.29, 0.717) is 17.0 Å². The van der Waals surface area contributed by atoms with Crippen molar-refractivity contribution < 1.29 is 23.2 Å². The summed E-state index contributed by atoms with van der Waals surface area (Å²) in [4.78, 5) is 11.8. The molecule has 5 heteroatoms. The van der Waals surface area contributed by atoms with Crippen LogP contribution in [0.4, 0.5) is 4.39 Å². The van der Waals surface area contributed by atoms with Crippen molar-refractivity contribution in [3.63, 3.8) is 0 Å². The second-order valence-corrected chi connectivity index (χ2v) is 4.22. The lowest BCUT2D eigenvalue weighted by Gasteiger charge is -2.10. The van der Waals surface area contributed by atoms with Crippen molar-refractivity contribution in [2.24, 2.45) is 7.05 Å². The first-order valence-corrected chi connectivity index (χ1v) is 5.99. The van der Waals surface area contributed by atoms with Crippen molar-refractivity contribution in [3.05, 3.63) is 47.9 Å². The molecule has 1 aromatic carbocycles. The van der Waals surface area contributed by atoms with E-state index < -0.39 is 11.8 Å². The normalized spacial score (nSPS) is 10.2. The van der Waals surface area contributed by atoms with Crippen molar-refractivity contribution in [3.8, 4) is 17.0 Å². The average molecular weight is 276 g/mol. The number of hydrogen-bond acceptors (Lipinski definition) is 3. The van der Waals surface area contributed by atoms with Crippen LogP contribution in [-0.2, 0) is 11.8 Å². The number of ether oxygens (including phenoxy) is 2. The van der Waals surface area contributed by atoms with Gasteiger partial charge < -0.3 is 9.47 Å². The maximum absolute atomic E-state index is 14.2. The molecule has 0 saturated carbocycles. The van der Waals surface area contributed by atoms with E-state index in [2.05, 4.69) is 4.74 Å². The third-order valence-corrected chi connectivity index (χ3v) is 3.02. The number of halogens is 1. The second kappa shape index (κ2) is 5.69. The number of hydrogen-bond donors (Lipinski definition) is 0. The zero-order chi connectivity index (χ0) is 14.7. The Labute approximate surface area is 116 Å². The maximum Gasteiger partial charge on any atom is 0.341 e. The Morgan fingerprint density at radius 1 is 1.25 bits per heavy atom. The number of nitrogens with zero attached hydrogens (tertiary/aromatic N) is 1. The van der Waals surface area contributed by atoms with Gasteiger partial charge in [-0.15, -0.1) is 0 Å². The maximum atomic E-state index is 14.2. The van der Waals surface area contributed by atoms with Crippen LogP contribution in [0.5, 0.6) is 5.75 Å². The second-order valence-electron chi connectivity index (χ2n) is 4.22. The average Bonchev–Trinajstić information content (AvgIpc) is 2.46. The Bertz CT molecular complexity index is 656. The Morgan fingerprint density at radius 3 is 2.60 bits per heavy atom. The van der Waals surface area contributed by atoms with Crippen LogP contribution in [0, 0.1) is 5.82 Å². The zero-order valence-corrected chi connectivity index (χ0v) is 11.5. The Hall–Kier alpha value is -2.43. The van der Waals surface area contributed by atoms with Gasteiger partial charge in [0.05, 0.1) is 19.8 Å². The van der Waals surface area contributed by atoms with Crippen LogP contribution >= 0.6 is 0 Å². The highest BCUT2D eigenvalue weighted by Gasteiger charge is 2.24. The first kappa shape index (κ1) is 14.0. The molecule has 1 heterocycles. The molecule has 0 atom stereocenters. The summed E-state index contributed by atoms with van der Waals surface area (Å²) >= 11 is 0. The number of rotatable bonds is 3. The fraction of sp³-hybridized carbons (Fsp3) is 0.200. The van der Waals surface area contributed by atoms with Gasteiger partial charge in [-0.3, -0.25) is 0 Å². The summed E-state index contributed by atoms with van der Waals surface area (Å²) in [5.74, 6) is -1.05. The van der Waals surface area contributed by atoms with Crippen molar-refractivity contribution in [1.29, 1.82) is 0 Å². The summed E-state index contributed by atoms with van der Waals surface area (Å²) in [6.07, 6.45) is 1.81. The number of esters is 1. The molecule has 2 rings (SSSR count). The van der Waals surface area contributed by atoms with E-state index in [0.717, 1.165) is 0 Å². The number of carbonyl (C=O) groups excluding carboxylic acids is 1. The Kier molecular flexibility index (Phi) is 3.98. The van der Waals surface area contributed by atoms with Gasteiger partial charge in [-0.2, -0.15) is 0 Å². The van der Waals surface area contributed by atoms with Crippen molar-refractivity contribution >= 4 is 5.97 Å². The van der Waals surface area contributed by atoms with Gasteiger partial charge in [0.2, 0.25) is 5.69 Å². The number of carbonyl (C=O) groups is 1. The molecule has 0 spiro atoms. The van der Waals surface area contributed by atoms with E-state index in [1.165, 1.54) is 20.3 Å². The third kappa shape index (κ3) is 2.47. The standard InChI is InChI=1S/C15H15FNO3/c1-17-7-5-4-6-13(17)11-8-10(19-2)9-12(16)14(11)15(18)20-3/h4-9H,1-3H3/q+1. The lowest BCUT2D eigenvalue weighted by atomic mass is 10.0. The molecule has 0 amide bonds. The summed E-state index contributed by atoms with van der Waals surface area (Å²) in [6, 6.07) is 8.23. The smallest absolute Gasteiger partial charge is 0.341 e. The van der Waals surface area contributed by atoms with Crippen LogP contribution in [0.25, 0.3) is 11.3 Å². The van der Waals surface area contributed by atoms with Gasteiger partial charge in [0.25, 0.3) is 0 Å². The molecule has 2 aromatic rings. The highest BCUT2D eigenvalue weighted by Crippen LogP contribution is 2.29. The van der Waals surface area contributed by atoms with Crippen molar-refractivity contribution in [1.82, 2.24) is 0 Å². The van der Waals surface area contributed by atoms with E-state index in [1.54, 1.807) is 16.7 Å². The first-order valence-electron chi connectivity index (χ1n) is 5.99. The zero-order valence-electron chi connectivity index (χ0n) is 11.5. The fourth-order valence-electron chi connectivity index (χ4n) is 2.01. The molecular weight excluding hydrogens is 261 g/mol. The third-order valence-electron chi connectivity index (χ3n) is 3.02. The molecule has 0 fully saturated rings. The van der Waals surface area contributed by atoms with Gasteiger partial charge in [0, 0.05) is 18.2 Å². The highest BCUT2D eigenvalue weighted by molar-refractivity contribution is 5.97. The first-order chi connectivity index (χ1) is 9.58. The summed E-state index contributed by atoms with van der Waals surface area (Å²) in [5.41, 5.74) is 1.01. The van der Waals surface area contributed by atoms with Crippen molar-refractivity contribution in [2.45, 2.75) is 0 Å². The predicted molar refractivity (Wildman–Crippen MR) is 70.9 cm³/mol. The molecule has 20 heavy (non-hydrogen) atoms. The number of methoxy groups -OCH3 is 2. The number of aryl methyl sites for hydroxylation is 1. The predicted octanol–water partition coefficient (Wildman–Crippen LogP) is 2.11. The molecule has 0 radical (unpaired) electrons. The largest absolute Gasteiger partial charge is 0.497 e. The lowest BCUT2D eigenvalue weighted by Crippen LogP contribution is -2.30. The van der Waals surface area contributed by atoms with Crippen LogP contribution < -0.4 is 9.30 Å². The van der Waals surface area contributed by atoms with Gasteiger partial charge >= 0.3 is 5.97 Å². The molecule has 0 aliphatic carbocycles. The lowest BCUT2D eigenvalue weighted by molar-refractivity contribution is -0.660. The summed E-state index contributed by atoms with van der Waals surface area (Å²) in [5, 5.41) is 0. The Morgan fingerprint density at radius 2 is 2.00 bits per heavy atom. The molecule has 0 saturated heterocycles.